The minimum atomic E-state index is -4.36. The average molecular weight is 322 g/mol. The van der Waals surface area contributed by atoms with E-state index in [4.69, 9.17) is 0 Å². The number of halogens is 3. The Hall–Kier alpha value is -1.15. The number of nitrogens with one attached hydrogen (secondary N) is 1. The fourth-order valence-corrected chi connectivity index (χ4v) is 3.09. The third-order valence-electron chi connectivity index (χ3n) is 2.64. The van der Waals surface area contributed by atoms with E-state index in [9.17, 15) is 17.4 Å². The molecule has 0 spiro atoms. The second-order valence-electron chi connectivity index (χ2n) is 4.06. The van der Waals surface area contributed by atoms with Gasteiger partial charge in [-0.05, 0) is 18.2 Å². The molecule has 1 heterocycles. The molecule has 1 aromatic carbocycles. The Morgan fingerprint density at radius 3 is 2.80 bits per heavy atom. The molecule has 2 aromatic rings. The van der Waals surface area contributed by atoms with Gasteiger partial charge in [-0.2, -0.15) is 13.2 Å². The van der Waals surface area contributed by atoms with E-state index in [0.717, 1.165) is 12.1 Å². The number of rotatable bonds is 5. The van der Waals surface area contributed by atoms with Crippen LogP contribution in [-0.2, 0) is 17.0 Å². The molecule has 0 saturated carbocycles. The van der Waals surface area contributed by atoms with E-state index in [1.54, 1.807) is 0 Å². The first-order valence-electron chi connectivity index (χ1n) is 5.97. The predicted octanol–water partition coefficient (Wildman–Crippen LogP) is 3.50. The van der Waals surface area contributed by atoms with Gasteiger partial charge < -0.3 is 5.32 Å². The van der Waals surface area contributed by atoms with E-state index in [0.29, 0.717) is 33.4 Å². The lowest BCUT2D eigenvalue weighted by Crippen LogP contribution is -2.11. The van der Waals surface area contributed by atoms with Crippen molar-refractivity contribution >= 4 is 37.5 Å². The molecule has 0 bridgehead atoms. The maximum atomic E-state index is 12.6. The van der Waals surface area contributed by atoms with Crippen molar-refractivity contribution in [3.05, 3.63) is 23.8 Å². The van der Waals surface area contributed by atoms with Crippen LogP contribution in [0.1, 0.15) is 12.5 Å². The zero-order valence-electron chi connectivity index (χ0n) is 10.7. The molecule has 3 nitrogen and oxygen atoms in total. The molecule has 0 aliphatic rings. The van der Waals surface area contributed by atoms with Crippen LogP contribution in [0.3, 0.4) is 0 Å². The smallest absolute Gasteiger partial charge is 0.361 e. The second kappa shape index (κ2) is 6.09. The summed E-state index contributed by atoms with van der Waals surface area (Å²) in [6, 6.07) is 3.52. The second-order valence-corrected chi connectivity index (χ2v) is 6.95. The van der Waals surface area contributed by atoms with Gasteiger partial charge in [0.05, 0.1) is 15.8 Å². The van der Waals surface area contributed by atoms with Gasteiger partial charge in [-0.1, -0.05) is 18.3 Å². The number of nitrogens with zero attached hydrogens (tertiary/aromatic N) is 1. The van der Waals surface area contributed by atoms with E-state index in [1.807, 2.05) is 6.92 Å². The zero-order valence-corrected chi connectivity index (χ0v) is 12.3. The van der Waals surface area contributed by atoms with Gasteiger partial charge in [0, 0.05) is 28.9 Å². The summed E-state index contributed by atoms with van der Waals surface area (Å²) in [5.74, 6) is 1.09. The monoisotopic (exact) mass is 322 g/mol. The van der Waals surface area contributed by atoms with Crippen LogP contribution in [0.25, 0.3) is 10.2 Å². The molecule has 8 heteroatoms. The van der Waals surface area contributed by atoms with Gasteiger partial charge in [0.25, 0.3) is 0 Å². The summed E-state index contributed by atoms with van der Waals surface area (Å²) in [5, 5.41) is 3.54. The number of benzene rings is 1. The third kappa shape index (κ3) is 3.69. The first kappa shape index (κ1) is 15.2. The quantitative estimate of drug-likeness (QED) is 0.916. The van der Waals surface area contributed by atoms with Gasteiger partial charge in [-0.3, -0.25) is 4.21 Å². The van der Waals surface area contributed by atoms with Crippen LogP contribution >= 0.6 is 11.3 Å². The van der Waals surface area contributed by atoms with Gasteiger partial charge in [0.15, 0.2) is 5.13 Å². The van der Waals surface area contributed by atoms with Crippen molar-refractivity contribution < 1.29 is 17.4 Å². The van der Waals surface area contributed by atoms with E-state index < -0.39 is 22.5 Å². The maximum Gasteiger partial charge on any atom is 0.416 e. The number of hydrogen-bond acceptors (Lipinski definition) is 4. The first-order chi connectivity index (χ1) is 9.40. The molecule has 0 saturated heterocycles. The van der Waals surface area contributed by atoms with E-state index in [-0.39, 0.29) is 0 Å². The summed E-state index contributed by atoms with van der Waals surface area (Å²) >= 11 is 1.29. The van der Waals surface area contributed by atoms with Crippen molar-refractivity contribution in [2.24, 2.45) is 0 Å². The van der Waals surface area contributed by atoms with E-state index in [2.05, 4.69) is 10.3 Å². The van der Waals surface area contributed by atoms with Crippen LogP contribution in [-0.4, -0.2) is 27.2 Å². The molecule has 110 valence electrons. The Morgan fingerprint density at radius 1 is 1.40 bits per heavy atom. The van der Waals surface area contributed by atoms with Crippen LogP contribution in [0.2, 0.25) is 0 Å². The van der Waals surface area contributed by atoms with Crippen molar-refractivity contribution in [3.8, 4) is 0 Å². The van der Waals surface area contributed by atoms with E-state index >= 15 is 0 Å². The van der Waals surface area contributed by atoms with Crippen molar-refractivity contribution in [3.63, 3.8) is 0 Å². The molecule has 1 aromatic heterocycles. The minimum absolute atomic E-state index is 0.323. The fourth-order valence-electron chi connectivity index (χ4n) is 1.60. The van der Waals surface area contributed by atoms with Crippen LogP contribution in [0.4, 0.5) is 18.3 Å². The molecule has 1 unspecified atom stereocenters. The number of alkyl halides is 3. The van der Waals surface area contributed by atoms with Gasteiger partial charge >= 0.3 is 6.18 Å². The van der Waals surface area contributed by atoms with Crippen LogP contribution in [0.15, 0.2) is 18.2 Å². The number of aromatic nitrogens is 1. The Bertz CT molecular complexity index is 625. The van der Waals surface area contributed by atoms with Crippen LogP contribution in [0.5, 0.6) is 0 Å². The summed E-state index contributed by atoms with van der Waals surface area (Å²) in [4.78, 5) is 4.12. The summed E-state index contributed by atoms with van der Waals surface area (Å²) < 4.78 is 49.7. The Kier molecular flexibility index (Phi) is 4.64. The molecule has 0 radical (unpaired) electrons. The maximum absolute atomic E-state index is 12.6. The minimum Gasteiger partial charge on any atom is -0.361 e. The lowest BCUT2D eigenvalue weighted by atomic mass is 10.2. The Labute approximate surface area is 120 Å². The fraction of sp³-hybridized carbons (Fsp3) is 0.417. The molecule has 1 N–H and O–H groups in total. The lowest BCUT2D eigenvalue weighted by molar-refractivity contribution is -0.137. The molecule has 0 aliphatic carbocycles. The Balaban J connectivity index is 2.11. The highest BCUT2D eigenvalue weighted by atomic mass is 32.2. The summed E-state index contributed by atoms with van der Waals surface area (Å²) in [6.45, 7) is 2.33. The number of fused-ring (bicyclic) bond motifs is 1. The van der Waals surface area contributed by atoms with Gasteiger partial charge in [-0.15, -0.1) is 0 Å². The largest absolute Gasteiger partial charge is 0.416 e. The molecular weight excluding hydrogens is 309 g/mol. The standard InChI is InChI=1S/C12H13F3N2OS2/c1-2-20(18)6-5-16-11-17-9-7-8(12(13,14)15)3-4-10(9)19-11/h3-4,7H,2,5-6H2,1H3,(H,16,17). The number of anilines is 1. The van der Waals surface area contributed by atoms with Crippen molar-refractivity contribution in [2.45, 2.75) is 13.1 Å². The van der Waals surface area contributed by atoms with Crippen LogP contribution in [0, 0.1) is 0 Å². The van der Waals surface area contributed by atoms with Crippen molar-refractivity contribution in [2.75, 3.05) is 23.4 Å². The normalized spacial score (nSPS) is 13.6. The molecule has 0 fully saturated rings. The highest BCUT2D eigenvalue weighted by Crippen LogP contribution is 2.33. The zero-order chi connectivity index (χ0) is 14.8. The predicted molar refractivity (Wildman–Crippen MR) is 76.7 cm³/mol. The number of thiazole rings is 1. The summed E-state index contributed by atoms with van der Waals surface area (Å²) in [5.41, 5.74) is -0.377. The van der Waals surface area contributed by atoms with E-state index in [1.165, 1.54) is 17.4 Å². The Morgan fingerprint density at radius 2 is 2.15 bits per heavy atom. The van der Waals surface area contributed by atoms with Gasteiger partial charge in [-0.25, -0.2) is 4.98 Å². The topological polar surface area (TPSA) is 42.0 Å². The molecule has 0 amide bonds. The highest BCUT2D eigenvalue weighted by Gasteiger charge is 2.30. The molecule has 0 aliphatic heterocycles. The third-order valence-corrected chi connectivity index (χ3v) is 4.94. The lowest BCUT2D eigenvalue weighted by Gasteiger charge is -2.04. The SMILES string of the molecule is CCS(=O)CCNc1nc2cc(C(F)(F)F)ccc2s1. The highest BCUT2D eigenvalue weighted by molar-refractivity contribution is 7.84. The molecular formula is C12H13F3N2OS2. The first-order valence-corrected chi connectivity index (χ1v) is 8.27. The average Bonchev–Trinajstić information content (AvgIpc) is 2.78. The van der Waals surface area contributed by atoms with Crippen LogP contribution < -0.4 is 5.32 Å². The molecule has 20 heavy (non-hydrogen) atoms. The summed E-state index contributed by atoms with van der Waals surface area (Å²) in [6.07, 6.45) is -4.36. The van der Waals surface area contributed by atoms with Gasteiger partial charge in [0.2, 0.25) is 0 Å². The summed E-state index contributed by atoms with van der Waals surface area (Å²) in [7, 11) is -0.868. The molecule has 1 atom stereocenters. The van der Waals surface area contributed by atoms with Crippen molar-refractivity contribution in [1.82, 2.24) is 4.98 Å². The van der Waals surface area contributed by atoms with Gasteiger partial charge in [0.1, 0.15) is 0 Å². The number of hydrogen-bond donors (Lipinski definition) is 1. The molecule has 2 rings (SSSR count). The van der Waals surface area contributed by atoms with Crippen molar-refractivity contribution in [1.29, 1.82) is 0 Å².